The molecule has 0 saturated carbocycles. The van der Waals surface area contributed by atoms with E-state index in [1.54, 1.807) is 25.1 Å². The van der Waals surface area contributed by atoms with Gasteiger partial charge in [0.25, 0.3) is 0 Å². The van der Waals surface area contributed by atoms with Crippen LogP contribution in [0.4, 0.5) is 0 Å². The van der Waals surface area contributed by atoms with Gasteiger partial charge in [-0.3, -0.25) is 0 Å². The van der Waals surface area contributed by atoms with Crippen LogP contribution in [0.15, 0.2) is 33.4 Å². The second-order valence-corrected chi connectivity index (χ2v) is 4.38. The third-order valence-electron chi connectivity index (χ3n) is 2.35. The van der Waals surface area contributed by atoms with Gasteiger partial charge in [0, 0.05) is 0 Å². The quantitative estimate of drug-likeness (QED) is 0.633. The lowest BCUT2D eigenvalue weighted by atomic mass is 10.1. The van der Waals surface area contributed by atoms with Gasteiger partial charge in [0.05, 0.1) is 12.2 Å². The van der Waals surface area contributed by atoms with Gasteiger partial charge in [-0.2, -0.15) is 16.6 Å². The summed E-state index contributed by atoms with van der Waals surface area (Å²) in [6.07, 6.45) is 1.58. The lowest BCUT2D eigenvalue weighted by molar-refractivity contribution is -0.136. The number of ether oxygens (including phenoxy) is 1. The summed E-state index contributed by atoms with van der Waals surface area (Å²) in [6.45, 7) is 2.06. The first-order valence-electron chi connectivity index (χ1n) is 5.66. The van der Waals surface area contributed by atoms with Crippen molar-refractivity contribution >= 4 is 29.0 Å². The molecule has 2 aromatic heterocycles. The van der Waals surface area contributed by atoms with Crippen molar-refractivity contribution < 1.29 is 13.9 Å². The second kappa shape index (κ2) is 6.03. The molecule has 0 spiro atoms. The van der Waals surface area contributed by atoms with Crippen molar-refractivity contribution in [3.63, 3.8) is 0 Å². The maximum absolute atomic E-state index is 11.9. The zero-order valence-electron chi connectivity index (χ0n) is 10.3. The van der Waals surface area contributed by atoms with Crippen LogP contribution in [-0.4, -0.2) is 12.6 Å². The Hall–Kier alpha value is -2.32. The molecule has 0 unspecified atom stereocenters. The smallest absolute Gasteiger partial charge is 0.338 e. The predicted molar refractivity (Wildman–Crippen MR) is 72.2 cm³/mol. The van der Waals surface area contributed by atoms with E-state index in [4.69, 9.17) is 14.4 Å². The molecular formula is C14H11NO3S. The molecule has 0 fully saturated rings. The highest BCUT2D eigenvalue weighted by Gasteiger charge is 2.14. The number of hydrogen-bond acceptors (Lipinski definition) is 5. The van der Waals surface area contributed by atoms with Gasteiger partial charge in [-0.05, 0) is 47.5 Å². The van der Waals surface area contributed by atoms with Crippen LogP contribution in [0.1, 0.15) is 24.0 Å². The number of carbonyl (C=O) groups excluding carboxylic acids is 1. The summed E-state index contributed by atoms with van der Waals surface area (Å²) >= 11 is 1.49. The van der Waals surface area contributed by atoms with Crippen molar-refractivity contribution in [2.45, 2.75) is 6.92 Å². The summed E-state index contributed by atoms with van der Waals surface area (Å²) in [4.78, 5) is 11.9. The van der Waals surface area contributed by atoms with E-state index in [0.29, 0.717) is 17.9 Å². The number of esters is 1. The van der Waals surface area contributed by atoms with Crippen molar-refractivity contribution in [3.05, 3.63) is 46.0 Å². The molecule has 2 aromatic rings. The van der Waals surface area contributed by atoms with Crippen LogP contribution in [0.5, 0.6) is 0 Å². The number of nitrogens with zero attached hydrogens (tertiary/aromatic N) is 1. The van der Waals surface area contributed by atoms with Gasteiger partial charge in [0.1, 0.15) is 11.8 Å². The molecule has 0 N–H and O–H groups in total. The van der Waals surface area contributed by atoms with E-state index in [1.165, 1.54) is 11.3 Å². The van der Waals surface area contributed by atoms with Gasteiger partial charge in [-0.1, -0.05) is 0 Å². The Kier molecular flexibility index (Phi) is 4.16. The minimum atomic E-state index is -0.407. The first-order chi connectivity index (χ1) is 9.24. The molecule has 0 bridgehead atoms. The van der Waals surface area contributed by atoms with E-state index in [9.17, 15) is 4.79 Å². The number of rotatable bonds is 4. The fourth-order valence-corrected chi connectivity index (χ4v) is 2.18. The number of furan rings is 1. The molecule has 0 atom stereocenters. The van der Waals surface area contributed by atoms with E-state index in [-0.39, 0.29) is 5.76 Å². The van der Waals surface area contributed by atoms with E-state index in [2.05, 4.69) is 0 Å². The first-order valence-corrected chi connectivity index (χ1v) is 6.60. The number of carbonyl (C=O) groups is 1. The molecule has 0 aromatic carbocycles. The summed E-state index contributed by atoms with van der Waals surface area (Å²) in [7, 11) is 0. The van der Waals surface area contributed by atoms with Crippen LogP contribution >= 0.6 is 11.3 Å². The zero-order chi connectivity index (χ0) is 13.7. The summed E-state index contributed by atoms with van der Waals surface area (Å²) in [5.41, 5.74) is 1.19. The third kappa shape index (κ3) is 3.12. The molecule has 0 amide bonds. The fourth-order valence-electron chi connectivity index (χ4n) is 1.52. The Bertz CT molecular complexity index is 632. The lowest BCUT2D eigenvalue weighted by Crippen LogP contribution is -2.06. The third-order valence-corrected chi connectivity index (χ3v) is 3.03. The largest absolute Gasteiger partial charge is 0.462 e. The molecule has 0 aliphatic heterocycles. The Morgan fingerprint density at radius 3 is 2.95 bits per heavy atom. The van der Waals surface area contributed by atoms with Crippen LogP contribution in [0, 0.1) is 11.3 Å². The first kappa shape index (κ1) is 13.1. The minimum absolute atomic E-state index is 0.208. The Labute approximate surface area is 114 Å². The van der Waals surface area contributed by atoms with Gasteiger partial charge in [0.15, 0.2) is 0 Å². The van der Waals surface area contributed by atoms with Crippen molar-refractivity contribution in [1.82, 2.24) is 0 Å². The summed E-state index contributed by atoms with van der Waals surface area (Å²) in [5.74, 6) is 0.251. The number of hydrogen-bond donors (Lipinski definition) is 0. The molecule has 19 heavy (non-hydrogen) atoms. The maximum Gasteiger partial charge on any atom is 0.338 e. The van der Waals surface area contributed by atoms with Crippen molar-refractivity contribution in [1.29, 1.82) is 5.26 Å². The molecule has 0 aliphatic rings. The van der Waals surface area contributed by atoms with Gasteiger partial charge in [0.2, 0.25) is 5.76 Å². The van der Waals surface area contributed by atoms with Gasteiger partial charge >= 0.3 is 5.97 Å². The molecule has 0 radical (unpaired) electrons. The molecule has 2 rings (SSSR count). The molecular weight excluding hydrogens is 262 g/mol. The normalized spacial score (nSPS) is 11.1. The molecule has 2 heterocycles. The van der Waals surface area contributed by atoms with Crippen LogP contribution in [0.2, 0.25) is 0 Å². The average Bonchev–Trinajstić information content (AvgIpc) is 3.07. The number of thiophene rings is 1. The van der Waals surface area contributed by atoms with Gasteiger partial charge in [-0.25, -0.2) is 4.79 Å². The Balaban J connectivity index is 2.37. The maximum atomic E-state index is 11.9. The zero-order valence-corrected chi connectivity index (χ0v) is 11.1. The standard InChI is InChI=1S/C14H11NO3S/c1-2-17-14(16)13(10-5-6-19-9-10)7-11-3-4-12(8-15)18-11/h3-7,9H,2H2,1H3/b13-7+. The molecule has 96 valence electrons. The molecule has 4 nitrogen and oxygen atoms in total. The number of nitriles is 1. The minimum Gasteiger partial charge on any atom is -0.462 e. The van der Waals surface area contributed by atoms with E-state index in [1.807, 2.05) is 22.9 Å². The second-order valence-electron chi connectivity index (χ2n) is 3.60. The Morgan fingerprint density at radius 1 is 1.53 bits per heavy atom. The Morgan fingerprint density at radius 2 is 2.37 bits per heavy atom. The topological polar surface area (TPSA) is 63.2 Å². The SMILES string of the molecule is CCOC(=O)/C(=C/c1ccc(C#N)o1)c1ccsc1. The molecule has 0 saturated heterocycles. The van der Waals surface area contributed by atoms with Crippen LogP contribution < -0.4 is 0 Å². The van der Waals surface area contributed by atoms with Gasteiger partial charge in [-0.15, -0.1) is 0 Å². The highest BCUT2D eigenvalue weighted by molar-refractivity contribution is 7.08. The van der Waals surface area contributed by atoms with Crippen molar-refractivity contribution in [3.8, 4) is 6.07 Å². The predicted octanol–water partition coefficient (Wildman–Crippen LogP) is 3.32. The lowest BCUT2D eigenvalue weighted by Gasteiger charge is -2.04. The van der Waals surface area contributed by atoms with E-state index in [0.717, 1.165) is 5.56 Å². The van der Waals surface area contributed by atoms with Crippen LogP contribution in [0.3, 0.4) is 0 Å². The molecule has 0 aliphatic carbocycles. The highest BCUT2D eigenvalue weighted by atomic mass is 32.1. The fraction of sp³-hybridized carbons (Fsp3) is 0.143. The van der Waals surface area contributed by atoms with Crippen molar-refractivity contribution in [2.75, 3.05) is 6.61 Å². The van der Waals surface area contributed by atoms with E-state index >= 15 is 0 Å². The summed E-state index contributed by atoms with van der Waals surface area (Å²) in [5, 5.41) is 12.4. The summed E-state index contributed by atoms with van der Waals surface area (Å²) < 4.78 is 10.3. The monoisotopic (exact) mass is 273 g/mol. The van der Waals surface area contributed by atoms with E-state index < -0.39 is 5.97 Å². The van der Waals surface area contributed by atoms with Gasteiger partial charge < -0.3 is 9.15 Å². The summed E-state index contributed by atoms with van der Waals surface area (Å²) in [6, 6.07) is 6.94. The van der Waals surface area contributed by atoms with Crippen LogP contribution in [-0.2, 0) is 9.53 Å². The molecule has 5 heteroatoms. The van der Waals surface area contributed by atoms with Crippen LogP contribution in [0.25, 0.3) is 11.6 Å². The average molecular weight is 273 g/mol. The highest BCUT2D eigenvalue weighted by Crippen LogP contribution is 2.23. The van der Waals surface area contributed by atoms with Crippen molar-refractivity contribution in [2.24, 2.45) is 0 Å².